The van der Waals surface area contributed by atoms with Gasteiger partial charge in [0, 0.05) is 31.1 Å². The summed E-state index contributed by atoms with van der Waals surface area (Å²) in [6.45, 7) is 3.95. The number of nitrogens with zero attached hydrogens (tertiary/aromatic N) is 2. The number of aliphatic hydroxyl groups excluding tert-OH is 1. The Morgan fingerprint density at radius 2 is 1.65 bits per heavy atom. The van der Waals surface area contributed by atoms with E-state index in [0.29, 0.717) is 18.0 Å². The summed E-state index contributed by atoms with van der Waals surface area (Å²) in [5, 5.41) is 10.3. The topological polar surface area (TPSA) is 79.3 Å². The minimum absolute atomic E-state index is 0.0116. The Labute approximate surface area is 218 Å². The Kier molecular flexibility index (Phi) is 6.44. The van der Waals surface area contributed by atoms with Crippen LogP contribution >= 0.6 is 0 Å². The van der Waals surface area contributed by atoms with Crippen LogP contribution in [0.1, 0.15) is 29.9 Å². The molecule has 0 saturated carbocycles. The van der Waals surface area contributed by atoms with Crippen LogP contribution in [0.2, 0.25) is 0 Å². The van der Waals surface area contributed by atoms with E-state index in [9.17, 15) is 13.5 Å². The van der Waals surface area contributed by atoms with Gasteiger partial charge in [-0.15, -0.1) is 0 Å². The average molecular weight is 521 g/mol. The fourth-order valence-electron chi connectivity index (χ4n) is 6.09. The maximum atomic E-state index is 13.7. The number of fused-ring (bicyclic) bond motifs is 2. The maximum absolute atomic E-state index is 13.7. The first kappa shape index (κ1) is 24.4. The maximum Gasteiger partial charge on any atom is 0.243 e. The monoisotopic (exact) mass is 520 g/mol. The first-order valence-electron chi connectivity index (χ1n) is 12.9. The Hall–Kier alpha value is -2.91. The molecule has 0 aliphatic carbocycles. The van der Waals surface area contributed by atoms with Crippen LogP contribution in [0.3, 0.4) is 0 Å². The number of aliphatic hydroxyl groups is 1. The molecular formula is C29H32N2O5S. The third-order valence-electron chi connectivity index (χ3n) is 8.05. The van der Waals surface area contributed by atoms with Gasteiger partial charge in [0.25, 0.3) is 0 Å². The van der Waals surface area contributed by atoms with Crippen LogP contribution in [-0.2, 0) is 10.0 Å². The van der Waals surface area contributed by atoms with Gasteiger partial charge in [-0.25, -0.2) is 8.42 Å². The highest BCUT2D eigenvalue weighted by Gasteiger charge is 2.50. The number of benzene rings is 3. The summed E-state index contributed by atoms with van der Waals surface area (Å²) in [5.41, 5.74) is 4.00. The molecule has 37 heavy (non-hydrogen) atoms. The van der Waals surface area contributed by atoms with Crippen molar-refractivity contribution in [2.75, 3.05) is 33.0 Å². The summed E-state index contributed by atoms with van der Waals surface area (Å²) in [6.07, 6.45) is 1.71. The summed E-state index contributed by atoms with van der Waals surface area (Å²) in [6, 6.07) is 21.6. The van der Waals surface area contributed by atoms with E-state index in [0.717, 1.165) is 53.1 Å². The molecule has 3 atom stereocenters. The summed E-state index contributed by atoms with van der Waals surface area (Å²) >= 11 is 0. The standard InChI is InChI=1S/C29H32N2O5S/c1-20-6-2-3-7-28(20)37(33,34)30-14-4-5-15-31-24(17-30)29(25(31)18-32)22-10-8-21(9-11-22)23-12-13-26-27(16-23)36-19-35-26/h2-3,6-13,16,24-25,29,32H,4-5,14-15,17-19H2,1H3/t24-,25+,29?/m0/s1. The number of rotatable bonds is 5. The van der Waals surface area contributed by atoms with Crippen molar-refractivity contribution in [2.24, 2.45) is 0 Å². The van der Waals surface area contributed by atoms with Crippen LogP contribution in [0.5, 0.6) is 11.5 Å². The lowest BCUT2D eigenvalue weighted by molar-refractivity contribution is -0.0553. The molecule has 3 aliphatic rings. The molecule has 194 valence electrons. The van der Waals surface area contributed by atoms with Gasteiger partial charge in [-0.3, -0.25) is 4.90 Å². The van der Waals surface area contributed by atoms with Gasteiger partial charge in [0.05, 0.1) is 11.5 Å². The van der Waals surface area contributed by atoms with Crippen LogP contribution in [0.15, 0.2) is 71.6 Å². The first-order valence-corrected chi connectivity index (χ1v) is 14.3. The molecule has 0 aromatic heterocycles. The van der Waals surface area contributed by atoms with Gasteiger partial charge in [-0.1, -0.05) is 48.5 Å². The second kappa shape index (κ2) is 9.76. The lowest BCUT2D eigenvalue weighted by Crippen LogP contribution is -2.67. The Bertz CT molecular complexity index is 1390. The van der Waals surface area contributed by atoms with E-state index >= 15 is 0 Å². The van der Waals surface area contributed by atoms with Crippen LogP contribution in [0.25, 0.3) is 11.1 Å². The van der Waals surface area contributed by atoms with Crippen molar-refractivity contribution in [3.8, 4) is 22.6 Å². The van der Waals surface area contributed by atoms with Gasteiger partial charge in [0.15, 0.2) is 11.5 Å². The second-order valence-electron chi connectivity index (χ2n) is 10.1. The number of sulfonamides is 1. The molecule has 3 aromatic rings. The number of aryl methyl sites for hydroxylation is 1. The van der Waals surface area contributed by atoms with E-state index in [1.807, 2.05) is 37.3 Å². The van der Waals surface area contributed by atoms with E-state index < -0.39 is 10.0 Å². The van der Waals surface area contributed by atoms with E-state index in [1.165, 1.54) is 0 Å². The van der Waals surface area contributed by atoms with E-state index in [-0.39, 0.29) is 31.4 Å². The molecule has 1 unspecified atom stereocenters. The highest BCUT2D eigenvalue weighted by Crippen LogP contribution is 2.43. The van der Waals surface area contributed by atoms with Crippen molar-refractivity contribution in [1.29, 1.82) is 0 Å². The molecule has 1 N–H and O–H groups in total. The Balaban J connectivity index is 1.27. The molecule has 2 saturated heterocycles. The van der Waals surface area contributed by atoms with Gasteiger partial charge in [-0.05, 0) is 66.8 Å². The summed E-state index contributed by atoms with van der Waals surface area (Å²) in [7, 11) is -3.61. The zero-order valence-corrected chi connectivity index (χ0v) is 21.7. The van der Waals surface area contributed by atoms with Crippen molar-refractivity contribution in [3.63, 3.8) is 0 Å². The molecule has 3 aromatic carbocycles. The smallest absolute Gasteiger partial charge is 0.243 e. The van der Waals surface area contributed by atoms with Gasteiger partial charge in [-0.2, -0.15) is 4.31 Å². The first-order chi connectivity index (χ1) is 18.0. The van der Waals surface area contributed by atoms with Crippen molar-refractivity contribution in [3.05, 3.63) is 77.9 Å². The zero-order chi connectivity index (χ0) is 25.6. The van der Waals surface area contributed by atoms with Crippen LogP contribution < -0.4 is 9.47 Å². The van der Waals surface area contributed by atoms with Crippen molar-refractivity contribution >= 4 is 10.0 Å². The molecule has 8 heteroatoms. The largest absolute Gasteiger partial charge is 0.454 e. The predicted molar refractivity (Wildman–Crippen MR) is 141 cm³/mol. The van der Waals surface area contributed by atoms with Crippen molar-refractivity contribution < 1.29 is 23.0 Å². The number of ether oxygens (including phenoxy) is 2. The van der Waals surface area contributed by atoms with Gasteiger partial charge < -0.3 is 14.6 Å². The van der Waals surface area contributed by atoms with Crippen LogP contribution in [-0.4, -0.2) is 67.8 Å². The fraction of sp³-hybridized carbons (Fsp3) is 0.379. The molecule has 3 heterocycles. The third kappa shape index (κ3) is 4.32. The highest BCUT2D eigenvalue weighted by atomic mass is 32.2. The quantitative estimate of drug-likeness (QED) is 0.548. The fourth-order valence-corrected chi connectivity index (χ4v) is 7.81. The Morgan fingerprint density at radius 3 is 2.43 bits per heavy atom. The summed E-state index contributed by atoms with van der Waals surface area (Å²) in [5.74, 6) is 1.57. The molecule has 6 rings (SSSR count). The normalized spacial score (nSPS) is 24.1. The van der Waals surface area contributed by atoms with Gasteiger partial charge >= 0.3 is 0 Å². The molecule has 2 fully saturated rings. The van der Waals surface area contributed by atoms with Crippen LogP contribution in [0, 0.1) is 6.92 Å². The SMILES string of the molecule is Cc1ccccc1S(=O)(=O)N1CCCCN2[C@H](CO)C(c3ccc(-c4ccc5c(c4)OCO5)cc3)[C@@H]2C1. The molecular weight excluding hydrogens is 488 g/mol. The minimum Gasteiger partial charge on any atom is -0.454 e. The molecule has 7 nitrogen and oxygen atoms in total. The van der Waals surface area contributed by atoms with Gasteiger partial charge in [0.1, 0.15) is 0 Å². The second-order valence-corrected chi connectivity index (χ2v) is 12.0. The predicted octanol–water partition coefficient (Wildman–Crippen LogP) is 4.00. The number of hydrogen-bond acceptors (Lipinski definition) is 6. The highest BCUT2D eigenvalue weighted by molar-refractivity contribution is 7.89. The average Bonchev–Trinajstić information content (AvgIpc) is 3.36. The van der Waals surface area contributed by atoms with Crippen molar-refractivity contribution in [2.45, 2.75) is 42.7 Å². The molecule has 0 amide bonds. The molecule has 0 bridgehead atoms. The van der Waals surface area contributed by atoms with E-state index in [2.05, 4.69) is 29.2 Å². The van der Waals surface area contributed by atoms with Gasteiger partial charge in [0.2, 0.25) is 16.8 Å². The molecule has 3 aliphatic heterocycles. The van der Waals surface area contributed by atoms with Crippen LogP contribution in [0.4, 0.5) is 0 Å². The van der Waals surface area contributed by atoms with E-state index in [4.69, 9.17) is 9.47 Å². The minimum atomic E-state index is -3.61. The lowest BCUT2D eigenvalue weighted by Gasteiger charge is -2.57. The number of hydrogen-bond donors (Lipinski definition) is 1. The summed E-state index contributed by atoms with van der Waals surface area (Å²) in [4.78, 5) is 2.68. The zero-order valence-electron chi connectivity index (χ0n) is 20.9. The summed E-state index contributed by atoms with van der Waals surface area (Å²) < 4.78 is 39.9. The van der Waals surface area contributed by atoms with Crippen molar-refractivity contribution in [1.82, 2.24) is 9.21 Å². The molecule has 0 radical (unpaired) electrons. The van der Waals surface area contributed by atoms with E-state index in [1.54, 1.807) is 16.4 Å². The third-order valence-corrected chi connectivity index (χ3v) is 10.1. The Morgan fingerprint density at radius 1 is 0.919 bits per heavy atom. The lowest BCUT2D eigenvalue weighted by atomic mass is 9.74. The molecule has 0 spiro atoms.